The predicted octanol–water partition coefficient (Wildman–Crippen LogP) is 2.45. The van der Waals surface area contributed by atoms with Crippen molar-refractivity contribution in [1.29, 1.82) is 0 Å². The van der Waals surface area contributed by atoms with E-state index in [1.807, 2.05) is 18.2 Å². The van der Waals surface area contributed by atoms with Crippen LogP contribution >= 0.6 is 22.6 Å². The number of ether oxygens (including phenoxy) is 2. The first-order valence-electron chi connectivity index (χ1n) is 12.1. The number of aliphatic hydroxyl groups is 2. The van der Waals surface area contributed by atoms with Gasteiger partial charge in [-0.1, -0.05) is 24.3 Å². The van der Waals surface area contributed by atoms with Gasteiger partial charge in [0, 0.05) is 32.2 Å². The number of rotatable bonds is 12. The number of benzene rings is 2. The van der Waals surface area contributed by atoms with Crippen LogP contribution < -0.4 is 10.1 Å². The SMILES string of the molecule is COCCC(=O)N(CCc1cccc(F)c1)C1CC(C(=O)NCCO)=CC(Oc2ccccc2I)C1O. The first-order chi connectivity index (χ1) is 17.8. The van der Waals surface area contributed by atoms with Crippen molar-refractivity contribution >= 4 is 34.4 Å². The van der Waals surface area contributed by atoms with Crippen LogP contribution in [0.25, 0.3) is 0 Å². The quantitative estimate of drug-likeness (QED) is 0.313. The normalized spacial score (nSPS) is 19.2. The molecule has 3 rings (SSSR count). The Kier molecular flexibility index (Phi) is 11.3. The summed E-state index contributed by atoms with van der Waals surface area (Å²) < 4.78 is 25.8. The molecule has 3 atom stereocenters. The summed E-state index contributed by atoms with van der Waals surface area (Å²) in [7, 11) is 1.50. The molecule has 1 aliphatic rings. The summed E-state index contributed by atoms with van der Waals surface area (Å²) in [6.07, 6.45) is 0.0620. The molecule has 1 aliphatic carbocycles. The summed E-state index contributed by atoms with van der Waals surface area (Å²) in [5.41, 5.74) is 1.05. The van der Waals surface area contributed by atoms with Crippen molar-refractivity contribution in [2.75, 3.05) is 33.4 Å². The van der Waals surface area contributed by atoms with E-state index in [1.54, 1.807) is 24.3 Å². The molecule has 0 aromatic heterocycles. The van der Waals surface area contributed by atoms with Gasteiger partial charge in [0.25, 0.3) is 0 Å². The molecule has 8 nitrogen and oxygen atoms in total. The van der Waals surface area contributed by atoms with Crippen LogP contribution in [0.3, 0.4) is 0 Å². The largest absolute Gasteiger partial charge is 0.482 e. The lowest BCUT2D eigenvalue weighted by atomic mass is 9.87. The molecule has 3 unspecified atom stereocenters. The van der Waals surface area contributed by atoms with Gasteiger partial charge in [-0.3, -0.25) is 9.59 Å². The average Bonchev–Trinajstić information content (AvgIpc) is 2.89. The second kappa shape index (κ2) is 14.4. The van der Waals surface area contributed by atoms with E-state index in [-0.39, 0.29) is 50.9 Å². The number of hydrogen-bond acceptors (Lipinski definition) is 6. The van der Waals surface area contributed by atoms with Crippen molar-refractivity contribution in [3.63, 3.8) is 0 Å². The Hall–Kier alpha value is -2.54. The minimum Gasteiger partial charge on any atom is -0.482 e. The first kappa shape index (κ1) is 29.0. The lowest BCUT2D eigenvalue weighted by molar-refractivity contribution is -0.139. The van der Waals surface area contributed by atoms with Gasteiger partial charge in [0.1, 0.15) is 23.8 Å². The number of carbonyl (C=O) groups is 2. The molecule has 0 saturated carbocycles. The van der Waals surface area contributed by atoms with E-state index >= 15 is 0 Å². The van der Waals surface area contributed by atoms with E-state index in [0.29, 0.717) is 23.3 Å². The van der Waals surface area contributed by atoms with E-state index in [4.69, 9.17) is 14.6 Å². The molecule has 200 valence electrons. The molecule has 2 aromatic carbocycles. The third-order valence-electron chi connectivity index (χ3n) is 6.09. The van der Waals surface area contributed by atoms with Crippen molar-refractivity contribution in [3.05, 3.63) is 75.1 Å². The summed E-state index contributed by atoms with van der Waals surface area (Å²) in [6, 6.07) is 12.7. The van der Waals surface area contributed by atoms with E-state index in [9.17, 15) is 19.1 Å². The summed E-state index contributed by atoms with van der Waals surface area (Å²) in [4.78, 5) is 27.7. The van der Waals surface area contributed by atoms with Gasteiger partial charge in [0.05, 0.1) is 29.2 Å². The molecule has 0 heterocycles. The Morgan fingerprint density at radius 2 is 2.00 bits per heavy atom. The third-order valence-corrected chi connectivity index (χ3v) is 6.98. The molecule has 0 saturated heterocycles. The lowest BCUT2D eigenvalue weighted by Crippen LogP contribution is -2.55. The summed E-state index contributed by atoms with van der Waals surface area (Å²) >= 11 is 2.12. The van der Waals surface area contributed by atoms with Crippen molar-refractivity contribution < 1.29 is 33.7 Å². The fraction of sp³-hybridized carbons (Fsp3) is 0.407. The number of halogens is 2. The molecular weight excluding hydrogens is 594 g/mol. The van der Waals surface area contributed by atoms with Gasteiger partial charge >= 0.3 is 0 Å². The highest BCUT2D eigenvalue weighted by Gasteiger charge is 2.40. The van der Waals surface area contributed by atoms with Gasteiger partial charge in [0.15, 0.2) is 0 Å². The number of hydrogen-bond donors (Lipinski definition) is 3. The van der Waals surface area contributed by atoms with E-state index in [1.165, 1.54) is 24.1 Å². The summed E-state index contributed by atoms with van der Waals surface area (Å²) in [5, 5.41) is 23.2. The molecule has 0 spiro atoms. The number of amides is 2. The number of aliphatic hydroxyl groups excluding tert-OH is 2. The molecule has 0 aliphatic heterocycles. The van der Waals surface area contributed by atoms with Gasteiger partial charge < -0.3 is 29.9 Å². The molecule has 3 N–H and O–H groups in total. The van der Waals surface area contributed by atoms with Gasteiger partial charge in [-0.15, -0.1) is 0 Å². The van der Waals surface area contributed by atoms with Crippen LogP contribution in [-0.2, 0) is 20.7 Å². The van der Waals surface area contributed by atoms with Crippen molar-refractivity contribution in [3.8, 4) is 5.75 Å². The van der Waals surface area contributed by atoms with Crippen LogP contribution in [0.1, 0.15) is 18.4 Å². The average molecular weight is 626 g/mol. The minimum absolute atomic E-state index is 0.0710. The fourth-order valence-electron chi connectivity index (χ4n) is 4.22. The topological polar surface area (TPSA) is 108 Å². The van der Waals surface area contributed by atoms with Crippen LogP contribution in [0.5, 0.6) is 5.75 Å². The highest BCUT2D eigenvalue weighted by molar-refractivity contribution is 14.1. The predicted molar refractivity (Wildman–Crippen MR) is 144 cm³/mol. The molecule has 2 aromatic rings. The van der Waals surface area contributed by atoms with Crippen LogP contribution in [0.2, 0.25) is 0 Å². The summed E-state index contributed by atoms with van der Waals surface area (Å²) in [6.45, 7) is 0.249. The second-order valence-corrected chi connectivity index (χ2v) is 9.82. The van der Waals surface area contributed by atoms with E-state index in [0.717, 1.165) is 3.57 Å². The standard InChI is InChI=1S/C27H32FIN2O6/c1-36-14-10-25(33)31(12-9-18-5-4-6-20(28)15-18)22-16-19(27(35)30-11-13-32)17-24(26(22)34)37-23-8-3-2-7-21(23)29/h2-8,15,17,22,24,26,32,34H,9-14,16H2,1H3,(H,30,35). The zero-order valence-electron chi connectivity index (χ0n) is 20.6. The Balaban J connectivity index is 1.92. The van der Waals surface area contributed by atoms with Gasteiger partial charge in [-0.2, -0.15) is 0 Å². The molecule has 0 radical (unpaired) electrons. The van der Waals surface area contributed by atoms with Crippen molar-refractivity contribution in [2.45, 2.75) is 37.5 Å². The number of para-hydroxylation sites is 1. The Morgan fingerprint density at radius 1 is 1.22 bits per heavy atom. The Labute approximate surface area is 229 Å². The molecule has 0 bridgehead atoms. The van der Waals surface area contributed by atoms with Crippen LogP contribution in [0.15, 0.2) is 60.2 Å². The molecule has 10 heteroatoms. The Morgan fingerprint density at radius 3 is 2.70 bits per heavy atom. The highest BCUT2D eigenvalue weighted by Crippen LogP contribution is 2.30. The maximum absolute atomic E-state index is 13.7. The van der Waals surface area contributed by atoms with Crippen molar-refractivity contribution in [1.82, 2.24) is 10.2 Å². The van der Waals surface area contributed by atoms with Crippen LogP contribution in [0, 0.1) is 9.39 Å². The maximum Gasteiger partial charge on any atom is 0.247 e. The van der Waals surface area contributed by atoms with Gasteiger partial charge in [-0.05, 0) is 64.9 Å². The Bertz CT molecular complexity index is 1100. The van der Waals surface area contributed by atoms with Gasteiger partial charge in [0.2, 0.25) is 11.8 Å². The van der Waals surface area contributed by atoms with Crippen molar-refractivity contribution in [2.24, 2.45) is 0 Å². The molecule has 0 fully saturated rings. The first-order valence-corrected chi connectivity index (χ1v) is 13.1. The van der Waals surface area contributed by atoms with Gasteiger partial charge in [-0.25, -0.2) is 4.39 Å². The highest BCUT2D eigenvalue weighted by atomic mass is 127. The van der Waals surface area contributed by atoms with Crippen LogP contribution in [0.4, 0.5) is 4.39 Å². The zero-order chi connectivity index (χ0) is 26.8. The number of nitrogens with zero attached hydrogens (tertiary/aromatic N) is 1. The second-order valence-electron chi connectivity index (χ2n) is 8.66. The third kappa shape index (κ3) is 8.22. The van der Waals surface area contributed by atoms with E-state index < -0.39 is 24.2 Å². The minimum atomic E-state index is -1.13. The smallest absolute Gasteiger partial charge is 0.247 e. The monoisotopic (exact) mass is 626 g/mol. The number of carbonyl (C=O) groups excluding carboxylic acids is 2. The number of nitrogens with one attached hydrogen (secondary N) is 1. The zero-order valence-corrected chi connectivity index (χ0v) is 22.8. The fourth-order valence-corrected chi connectivity index (χ4v) is 4.73. The molecular formula is C27H32FIN2O6. The van der Waals surface area contributed by atoms with Crippen LogP contribution in [-0.4, -0.2) is 78.6 Å². The maximum atomic E-state index is 13.7. The number of methoxy groups -OCH3 is 1. The molecule has 37 heavy (non-hydrogen) atoms. The van der Waals surface area contributed by atoms with E-state index in [2.05, 4.69) is 27.9 Å². The molecule has 2 amide bonds. The lowest BCUT2D eigenvalue weighted by Gasteiger charge is -2.40. The summed E-state index contributed by atoms with van der Waals surface area (Å²) in [5.74, 6) is -0.496.